The minimum absolute atomic E-state index is 0.124. The Morgan fingerprint density at radius 2 is 2.13 bits per heavy atom. The minimum atomic E-state index is -0.590. The highest BCUT2D eigenvalue weighted by Gasteiger charge is 2.10. The zero-order chi connectivity index (χ0) is 10.5. The van der Waals surface area contributed by atoms with E-state index >= 15 is 0 Å². The molecule has 0 atom stereocenters. The maximum Gasteiger partial charge on any atom is 0.384 e. The first-order chi connectivity index (χ1) is 7.36. The lowest BCUT2D eigenvalue weighted by atomic mass is 10.3. The molecule has 0 spiro atoms. The lowest BCUT2D eigenvalue weighted by molar-refractivity contribution is 0.0589. The third-order valence-corrected chi connectivity index (χ3v) is 1.68. The smallest absolute Gasteiger partial charge is 0.384 e. The minimum Gasteiger partial charge on any atom is -0.451 e. The molecule has 2 aromatic rings. The predicted molar refractivity (Wildman–Crippen MR) is 52.0 cm³/mol. The third kappa shape index (κ3) is 2.34. The van der Waals surface area contributed by atoms with Crippen molar-refractivity contribution in [2.24, 2.45) is 0 Å². The Hall–Kier alpha value is -2.30. The molecule has 0 saturated heterocycles. The summed E-state index contributed by atoms with van der Waals surface area (Å²) in [6, 6.07) is 9.06. The Labute approximate surface area is 85.6 Å². The summed E-state index contributed by atoms with van der Waals surface area (Å²) < 4.78 is 4.65. The van der Waals surface area contributed by atoms with E-state index in [9.17, 15) is 4.79 Å². The molecular weight excluding hydrogens is 196 g/mol. The van der Waals surface area contributed by atoms with Crippen LogP contribution in [0.3, 0.4) is 0 Å². The fourth-order valence-electron chi connectivity index (χ4n) is 0.977. The number of nitrogens with one attached hydrogen (secondary N) is 1. The summed E-state index contributed by atoms with van der Waals surface area (Å²) >= 11 is 0. The first kappa shape index (κ1) is 9.26. The molecule has 0 amide bonds. The summed E-state index contributed by atoms with van der Waals surface area (Å²) in [5.74, 6) is -0.590. The van der Waals surface area contributed by atoms with Gasteiger partial charge in [0.1, 0.15) is 6.26 Å². The lowest BCUT2D eigenvalue weighted by Gasteiger charge is -2.03. The highest BCUT2D eigenvalue weighted by atomic mass is 16.7. The average Bonchev–Trinajstić information content (AvgIpc) is 2.81. The second-order valence-electron chi connectivity index (χ2n) is 2.73. The van der Waals surface area contributed by atoms with Gasteiger partial charge in [0.05, 0.1) is 5.69 Å². The molecule has 76 valence electrons. The summed E-state index contributed by atoms with van der Waals surface area (Å²) in [6.07, 6.45) is 2.38. The summed E-state index contributed by atoms with van der Waals surface area (Å²) in [7, 11) is 0. The second-order valence-corrected chi connectivity index (χ2v) is 2.73. The molecule has 0 unspecified atom stereocenters. The van der Waals surface area contributed by atoms with Crippen molar-refractivity contribution in [3.8, 4) is 0 Å². The summed E-state index contributed by atoms with van der Waals surface area (Å²) in [5, 5.41) is 0. The molecule has 0 fully saturated rings. The van der Waals surface area contributed by atoms with E-state index in [1.54, 1.807) is 12.1 Å². The number of para-hydroxylation sites is 1. The van der Waals surface area contributed by atoms with Crippen LogP contribution >= 0.6 is 0 Å². The van der Waals surface area contributed by atoms with Gasteiger partial charge >= 0.3 is 5.97 Å². The molecule has 1 heterocycles. The second kappa shape index (κ2) is 4.28. The average molecular weight is 204 g/mol. The van der Waals surface area contributed by atoms with Crippen molar-refractivity contribution in [3.05, 3.63) is 48.7 Å². The molecule has 15 heavy (non-hydrogen) atoms. The van der Waals surface area contributed by atoms with Crippen LogP contribution in [0, 0.1) is 0 Å². The van der Waals surface area contributed by atoms with Gasteiger partial charge in [0.2, 0.25) is 0 Å². The Balaban J connectivity index is 1.92. The molecule has 5 heteroatoms. The van der Waals surface area contributed by atoms with E-state index in [0.717, 1.165) is 0 Å². The molecule has 0 aliphatic heterocycles. The number of benzene rings is 1. The number of aromatic nitrogens is 1. The number of hydrogen-bond donors (Lipinski definition) is 1. The third-order valence-electron chi connectivity index (χ3n) is 1.68. The normalized spacial score (nSPS) is 9.60. The number of carbonyl (C=O) groups is 1. The summed E-state index contributed by atoms with van der Waals surface area (Å²) in [5.41, 5.74) is 3.31. The van der Waals surface area contributed by atoms with Crippen molar-refractivity contribution in [1.82, 2.24) is 4.98 Å². The molecule has 0 aliphatic carbocycles. The first-order valence-electron chi connectivity index (χ1n) is 4.26. The monoisotopic (exact) mass is 204 g/mol. The van der Waals surface area contributed by atoms with Gasteiger partial charge < -0.3 is 9.25 Å². The van der Waals surface area contributed by atoms with Gasteiger partial charge in [-0.05, 0) is 12.1 Å². The molecule has 1 N–H and O–H groups in total. The van der Waals surface area contributed by atoms with Crippen LogP contribution in [0.1, 0.15) is 10.5 Å². The first-order valence-corrected chi connectivity index (χ1v) is 4.26. The molecule has 1 aromatic heterocycles. The van der Waals surface area contributed by atoms with Gasteiger partial charge in [0, 0.05) is 0 Å². The molecule has 0 radical (unpaired) electrons. The predicted octanol–water partition coefficient (Wildman–Crippen LogP) is 1.86. The van der Waals surface area contributed by atoms with Crippen LogP contribution in [0.15, 0.2) is 47.4 Å². The van der Waals surface area contributed by atoms with Crippen molar-refractivity contribution in [1.29, 1.82) is 0 Å². The van der Waals surface area contributed by atoms with E-state index in [-0.39, 0.29) is 5.69 Å². The fraction of sp³-hybridized carbons (Fsp3) is 0. The fourth-order valence-corrected chi connectivity index (χ4v) is 0.977. The summed E-state index contributed by atoms with van der Waals surface area (Å²) in [4.78, 5) is 19.7. The Morgan fingerprint density at radius 1 is 1.33 bits per heavy atom. The largest absolute Gasteiger partial charge is 0.451 e. The van der Waals surface area contributed by atoms with E-state index in [4.69, 9.17) is 4.84 Å². The molecular formula is C10H8N2O3. The van der Waals surface area contributed by atoms with E-state index in [1.165, 1.54) is 12.7 Å². The van der Waals surface area contributed by atoms with Crippen LogP contribution in [0.4, 0.5) is 5.69 Å². The van der Waals surface area contributed by atoms with Crippen molar-refractivity contribution in [2.45, 2.75) is 0 Å². The molecule has 0 saturated carbocycles. The van der Waals surface area contributed by atoms with Crippen molar-refractivity contribution in [3.63, 3.8) is 0 Å². The van der Waals surface area contributed by atoms with Crippen LogP contribution in [0.2, 0.25) is 0 Å². The van der Waals surface area contributed by atoms with Gasteiger partial charge in [0.15, 0.2) is 12.1 Å². The lowest BCUT2D eigenvalue weighted by Crippen LogP contribution is -2.10. The molecule has 1 aromatic carbocycles. The molecule has 0 bridgehead atoms. The topological polar surface area (TPSA) is 64.4 Å². The highest BCUT2D eigenvalue weighted by molar-refractivity contribution is 5.87. The zero-order valence-electron chi connectivity index (χ0n) is 7.71. The highest BCUT2D eigenvalue weighted by Crippen LogP contribution is 2.06. The number of hydrogen-bond acceptors (Lipinski definition) is 5. The molecule has 2 rings (SSSR count). The number of carbonyl (C=O) groups excluding carboxylic acids is 1. The van der Waals surface area contributed by atoms with Gasteiger partial charge in [-0.2, -0.15) is 0 Å². The molecule has 0 aliphatic rings. The van der Waals surface area contributed by atoms with Crippen molar-refractivity contribution >= 4 is 11.7 Å². The molecule has 5 nitrogen and oxygen atoms in total. The number of rotatable bonds is 3. The van der Waals surface area contributed by atoms with Crippen LogP contribution in [-0.4, -0.2) is 11.0 Å². The van der Waals surface area contributed by atoms with Gasteiger partial charge in [-0.15, -0.1) is 0 Å². The maximum atomic E-state index is 11.3. The number of nitrogens with zero attached hydrogens (tertiary/aromatic N) is 1. The van der Waals surface area contributed by atoms with E-state index in [2.05, 4.69) is 14.9 Å². The van der Waals surface area contributed by atoms with Gasteiger partial charge in [0.25, 0.3) is 0 Å². The van der Waals surface area contributed by atoms with Crippen LogP contribution in [0.5, 0.6) is 0 Å². The van der Waals surface area contributed by atoms with Crippen molar-refractivity contribution < 1.29 is 14.0 Å². The van der Waals surface area contributed by atoms with Gasteiger partial charge in [-0.1, -0.05) is 18.2 Å². The van der Waals surface area contributed by atoms with Crippen LogP contribution in [-0.2, 0) is 4.84 Å². The zero-order valence-corrected chi connectivity index (χ0v) is 7.71. The summed E-state index contributed by atoms with van der Waals surface area (Å²) in [6.45, 7) is 0. The Kier molecular flexibility index (Phi) is 2.64. The van der Waals surface area contributed by atoms with Gasteiger partial charge in [-0.3, -0.25) is 0 Å². The van der Waals surface area contributed by atoms with E-state index in [0.29, 0.717) is 5.69 Å². The standard InChI is InChI=1S/C10H8N2O3/c13-10(9-6-14-7-11-9)15-12-8-4-2-1-3-5-8/h1-7,12H. The number of anilines is 1. The van der Waals surface area contributed by atoms with Crippen LogP contribution < -0.4 is 5.48 Å². The Morgan fingerprint density at radius 3 is 2.80 bits per heavy atom. The Bertz CT molecular complexity index is 425. The quantitative estimate of drug-likeness (QED) is 0.773. The maximum absolute atomic E-state index is 11.3. The number of oxazole rings is 1. The van der Waals surface area contributed by atoms with Gasteiger partial charge in [-0.25, -0.2) is 15.3 Å². The van der Waals surface area contributed by atoms with E-state index < -0.39 is 5.97 Å². The van der Waals surface area contributed by atoms with Crippen LogP contribution in [0.25, 0.3) is 0 Å². The van der Waals surface area contributed by atoms with Crippen molar-refractivity contribution in [2.75, 3.05) is 5.48 Å². The van der Waals surface area contributed by atoms with E-state index in [1.807, 2.05) is 18.2 Å². The SMILES string of the molecule is O=C(ONc1ccccc1)c1cocn1.